The molecule has 70 valence electrons. The third-order valence-electron chi connectivity index (χ3n) is 4.16. The van der Waals surface area contributed by atoms with Gasteiger partial charge in [-0.15, -0.1) is 0 Å². The molecule has 0 aromatic heterocycles. The zero-order valence-corrected chi connectivity index (χ0v) is 8.35. The molecule has 0 amide bonds. The van der Waals surface area contributed by atoms with Crippen LogP contribution in [0.2, 0.25) is 0 Å². The van der Waals surface area contributed by atoms with E-state index in [1.54, 1.807) is 0 Å². The Morgan fingerprint density at radius 3 is 2.25 bits per heavy atom. The molecule has 2 unspecified atom stereocenters. The quantitative estimate of drug-likeness (QED) is 0.691. The van der Waals surface area contributed by atoms with E-state index < -0.39 is 5.97 Å². The molecule has 1 saturated carbocycles. The molecule has 12 heavy (non-hydrogen) atoms. The first kappa shape index (κ1) is 9.56. The molecule has 0 bridgehead atoms. The predicted molar refractivity (Wildman–Crippen MR) is 47.9 cm³/mol. The molecule has 0 heterocycles. The van der Waals surface area contributed by atoms with Crippen molar-refractivity contribution in [2.45, 2.75) is 40.5 Å². The van der Waals surface area contributed by atoms with E-state index in [1.807, 2.05) is 0 Å². The zero-order valence-electron chi connectivity index (χ0n) is 8.35. The summed E-state index contributed by atoms with van der Waals surface area (Å²) in [5.74, 6) is -0.770. The van der Waals surface area contributed by atoms with Gasteiger partial charge in [-0.3, -0.25) is 4.79 Å². The molecule has 1 aliphatic carbocycles. The minimum atomic E-state index is -0.633. The van der Waals surface area contributed by atoms with Crippen molar-refractivity contribution in [3.63, 3.8) is 0 Å². The lowest BCUT2D eigenvalue weighted by Crippen LogP contribution is -2.55. The maximum Gasteiger partial charge on any atom is 0.307 e. The maximum absolute atomic E-state index is 10.8. The van der Waals surface area contributed by atoms with Gasteiger partial charge in [0.1, 0.15) is 0 Å². The number of carboxylic acids is 1. The van der Waals surface area contributed by atoms with E-state index >= 15 is 0 Å². The molecule has 1 rings (SSSR count). The molecule has 0 radical (unpaired) electrons. The van der Waals surface area contributed by atoms with Gasteiger partial charge in [0, 0.05) is 0 Å². The normalized spacial score (nSPS) is 38.8. The molecular formula is C10H18O2. The van der Waals surface area contributed by atoms with Crippen LogP contribution in [0.3, 0.4) is 0 Å². The highest BCUT2D eigenvalue weighted by molar-refractivity contribution is 5.72. The first-order valence-electron chi connectivity index (χ1n) is 4.58. The van der Waals surface area contributed by atoms with E-state index in [2.05, 4.69) is 27.7 Å². The van der Waals surface area contributed by atoms with Crippen LogP contribution in [0.1, 0.15) is 40.5 Å². The fourth-order valence-electron chi connectivity index (χ4n) is 2.25. The first-order chi connectivity index (χ1) is 5.35. The van der Waals surface area contributed by atoms with Crippen molar-refractivity contribution in [3.05, 3.63) is 0 Å². The highest BCUT2D eigenvalue weighted by Gasteiger charge is 2.58. The number of carboxylic acid groups (broad SMARTS) is 1. The van der Waals surface area contributed by atoms with Crippen molar-refractivity contribution in [3.8, 4) is 0 Å². The fraction of sp³-hybridized carbons (Fsp3) is 0.900. The standard InChI is InChI=1S/C10H18O2/c1-5-10(4)6-7(8(11)12)9(10,2)3/h7H,5-6H2,1-4H3,(H,11,12). The van der Waals surface area contributed by atoms with E-state index in [4.69, 9.17) is 5.11 Å². The summed E-state index contributed by atoms with van der Waals surface area (Å²) in [4.78, 5) is 10.8. The molecule has 0 aliphatic heterocycles. The van der Waals surface area contributed by atoms with Gasteiger partial charge in [0.05, 0.1) is 5.92 Å². The van der Waals surface area contributed by atoms with Gasteiger partial charge in [0.25, 0.3) is 0 Å². The summed E-state index contributed by atoms with van der Waals surface area (Å²) in [6.07, 6.45) is 1.91. The Labute approximate surface area is 74.0 Å². The van der Waals surface area contributed by atoms with Gasteiger partial charge in [-0.25, -0.2) is 0 Å². The molecule has 1 aliphatic rings. The van der Waals surface area contributed by atoms with E-state index in [1.165, 1.54) is 0 Å². The lowest BCUT2D eigenvalue weighted by atomic mass is 9.45. The van der Waals surface area contributed by atoms with E-state index in [9.17, 15) is 4.79 Å². The third kappa shape index (κ3) is 0.970. The first-order valence-corrected chi connectivity index (χ1v) is 4.58. The van der Waals surface area contributed by atoms with Crippen LogP contribution in [0.5, 0.6) is 0 Å². The largest absolute Gasteiger partial charge is 0.481 e. The van der Waals surface area contributed by atoms with Crippen LogP contribution < -0.4 is 0 Å². The van der Waals surface area contributed by atoms with Gasteiger partial charge in [-0.1, -0.05) is 34.1 Å². The van der Waals surface area contributed by atoms with Crippen LogP contribution in [0.4, 0.5) is 0 Å². The monoisotopic (exact) mass is 170 g/mol. The molecular weight excluding hydrogens is 152 g/mol. The van der Waals surface area contributed by atoms with Gasteiger partial charge in [-0.2, -0.15) is 0 Å². The number of hydrogen-bond donors (Lipinski definition) is 1. The lowest BCUT2D eigenvalue weighted by Gasteiger charge is -2.58. The lowest BCUT2D eigenvalue weighted by molar-refractivity contribution is -0.173. The molecule has 2 nitrogen and oxygen atoms in total. The van der Waals surface area contributed by atoms with E-state index in [-0.39, 0.29) is 16.7 Å². The molecule has 0 saturated heterocycles. The number of hydrogen-bond acceptors (Lipinski definition) is 1. The second kappa shape index (κ2) is 2.48. The number of carbonyl (C=O) groups is 1. The minimum absolute atomic E-state index is 0.0341. The van der Waals surface area contributed by atoms with Gasteiger partial charge in [0.2, 0.25) is 0 Å². The minimum Gasteiger partial charge on any atom is -0.481 e. The van der Waals surface area contributed by atoms with Crippen molar-refractivity contribution in [2.24, 2.45) is 16.7 Å². The molecule has 0 aromatic rings. The molecule has 0 aromatic carbocycles. The average Bonchev–Trinajstić information content (AvgIpc) is 1.98. The van der Waals surface area contributed by atoms with Crippen molar-refractivity contribution in [1.82, 2.24) is 0 Å². The van der Waals surface area contributed by atoms with Crippen LogP contribution in [0, 0.1) is 16.7 Å². The Bertz CT molecular complexity index is 208. The SMILES string of the molecule is CCC1(C)CC(C(=O)O)C1(C)C. The molecule has 2 atom stereocenters. The smallest absolute Gasteiger partial charge is 0.307 e. The third-order valence-corrected chi connectivity index (χ3v) is 4.16. The van der Waals surface area contributed by atoms with Crippen molar-refractivity contribution in [1.29, 1.82) is 0 Å². The van der Waals surface area contributed by atoms with Crippen LogP contribution in [0.15, 0.2) is 0 Å². The Hall–Kier alpha value is -0.530. The Morgan fingerprint density at radius 1 is 1.50 bits per heavy atom. The van der Waals surface area contributed by atoms with Crippen molar-refractivity contribution < 1.29 is 9.90 Å². The average molecular weight is 170 g/mol. The second-order valence-corrected chi connectivity index (χ2v) is 4.73. The Morgan fingerprint density at radius 2 is 2.00 bits per heavy atom. The van der Waals surface area contributed by atoms with Crippen LogP contribution in [-0.2, 0) is 4.79 Å². The summed E-state index contributed by atoms with van der Waals surface area (Å²) >= 11 is 0. The molecule has 0 spiro atoms. The molecule has 1 N–H and O–H groups in total. The number of aliphatic carboxylic acids is 1. The molecule has 1 fully saturated rings. The highest BCUT2D eigenvalue weighted by Crippen LogP contribution is 2.61. The van der Waals surface area contributed by atoms with Crippen LogP contribution >= 0.6 is 0 Å². The van der Waals surface area contributed by atoms with Gasteiger partial charge < -0.3 is 5.11 Å². The Kier molecular flexibility index (Phi) is 1.97. The summed E-state index contributed by atoms with van der Waals surface area (Å²) in [5.41, 5.74) is 0.198. The van der Waals surface area contributed by atoms with Crippen molar-refractivity contribution in [2.75, 3.05) is 0 Å². The van der Waals surface area contributed by atoms with Crippen LogP contribution in [0.25, 0.3) is 0 Å². The van der Waals surface area contributed by atoms with Gasteiger partial charge >= 0.3 is 5.97 Å². The summed E-state index contributed by atoms with van der Waals surface area (Å²) in [6.45, 7) is 8.46. The summed E-state index contributed by atoms with van der Waals surface area (Å²) in [7, 11) is 0. The van der Waals surface area contributed by atoms with Gasteiger partial charge in [0.15, 0.2) is 0 Å². The second-order valence-electron chi connectivity index (χ2n) is 4.73. The fourth-order valence-corrected chi connectivity index (χ4v) is 2.25. The zero-order chi connectivity index (χ0) is 9.57. The maximum atomic E-state index is 10.8. The van der Waals surface area contributed by atoms with Crippen molar-refractivity contribution >= 4 is 5.97 Å². The predicted octanol–water partition coefficient (Wildman–Crippen LogP) is 2.53. The van der Waals surface area contributed by atoms with Gasteiger partial charge in [-0.05, 0) is 17.3 Å². The van der Waals surface area contributed by atoms with E-state index in [0.29, 0.717) is 0 Å². The topological polar surface area (TPSA) is 37.3 Å². The summed E-state index contributed by atoms with van der Waals surface area (Å²) < 4.78 is 0. The summed E-state index contributed by atoms with van der Waals surface area (Å²) in [5, 5.41) is 8.90. The number of rotatable bonds is 2. The Balaban J connectivity index is 2.78. The van der Waals surface area contributed by atoms with E-state index in [0.717, 1.165) is 12.8 Å². The molecule has 2 heteroatoms. The highest BCUT2D eigenvalue weighted by atomic mass is 16.4. The summed E-state index contributed by atoms with van der Waals surface area (Å²) in [6, 6.07) is 0. The van der Waals surface area contributed by atoms with Crippen LogP contribution in [-0.4, -0.2) is 11.1 Å².